The van der Waals surface area contributed by atoms with E-state index in [9.17, 15) is 9.59 Å². The average Bonchev–Trinajstić information content (AvgIpc) is 3.01. The highest BCUT2D eigenvalue weighted by Crippen LogP contribution is 2.32. The third-order valence-electron chi connectivity index (χ3n) is 5.33. The van der Waals surface area contributed by atoms with Crippen molar-refractivity contribution in [2.45, 2.75) is 34.1 Å². The number of benzene rings is 2. The van der Waals surface area contributed by atoms with Crippen molar-refractivity contribution in [3.8, 4) is 5.75 Å². The van der Waals surface area contributed by atoms with Gasteiger partial charge in [-0.05, 0) is 69.2 Å². The first-order valence-corrected chi connectivity index (χ1v) is 11.0. The van der Waals surface area contributed by atoms with Gasteiger partial charge in [0.2, 0.25) is 0 Å². The SMILES string of the molecule is CCCN1C(=O)C(Nc2ccc(N(CC)CC)cc2)=C(c2ccc(OCC)cc2)C1=O. The summed E-state index contributed by atoms with van der Waals surface area (Å²) < 4.78 is 5.50. The second-order valence-electron chi connectivity index (χ2n) is 7.31. The van der Waals surface area contributed by atoms with Crippen molar-refractivity contribution in [3.05, 3.63) is 59.8 Å². The lowest BCUT2D eigenvalue weighted by molar-refractivity contribution is -0.136. The third kappa shape index (κ3) is 4.74. The van der Waals surface area contributed by atoms with Crippen LogP contribution in [0, 0.1) is 0 Å². The van der Waals surface area contributed by atoms with Gasteiger partial charge in [0.1, 0.15) is 11.4 Å². The molecular formula is C25H31N3O3. The van der Waals surface area contributed by atoms with Gasteiger partial charge >= 0.3 is 0 Å². The Bertz CT molecular complexity index is 945. The Hall–Kier alpha value is -3.28. The number of ether oxygens (including phenoxy) is 1. The van der Waals surface area contributed by atoms with Crippen LogP contribution in [0.15, 0.2) is 54.2 Å². The number of hydrogen-bond acceptors (Lipinski definition) is 5. The Morgan fingerprint density at radius 1 is 0.871 bits per heavy atom. The van der Waals surface area contributed by atoms with Crippen LogP contribution in [0.2, 0.25) is 0 Å². The molecule has 0 aromatic heterocycles. The molecule has 3 rings (SSSR count). The van der Waals surface area contributed by atoms with E-state index in [0.717, 1.165) is 30.2 Å². The monoisotopic (exact) mass is 421 g/mol. The predicted molar refractivity (Wildman–Crippen MR) is 125 cm³/mol. The molecule has 0 fully saturated rings. The van der Waals surface area contributed by atoms with E-state index in [1.54, 1.807) is 0 Å². The molecule has 6 heteroatoms. The maximum Gasteiger partial charge on any atom is 0.278 e. The van der Waals surface area contributed by atoms with Crippen LogP contribution in [0.4, 0.5) is 11.4 Å². The summed E-state index contributed by atoms with van der Waals surface area (Å²) in [5.41, 5.74) is 3.31. The van der Waals surface area contributed by atoms with Gasteiger partial charge in [-0.2, -0.15) is 0 Å². The summed E-state index contributed by atoms with van der Waals surface area (Å²) in [6.07, 6.45) is 0.708. The second-order valence-corrected chi connectivity index (χ2v) is 7.31. The second kappa shape index (κ2) is 10.2. The molecule has 1 N–H and O–H groups in total. The van der Waals surface area contributed by atoms with Gasteiger partial charge in [0, 0.05) is 31.0 Å². The molecule has 0 spiro atoms. The maximum absolute atomic E-state index is 13.1. The highest BCUT2D eigenvalue weighted by Gasteiger charge is 2.38. The summed E-state index contributed by atoms with van der Waals surface area (Å²) in [7, 11) is 0. The van der Waals surface area contributed by atoms with Gasteiger partial charge in [-0.3, -0.25) is 14.5 Å². The molecule has 0 saturated heterocycles. The summed E-state index contributed by atoms with van der Waals surface area (Å²) in [5, 5.41) is 3.22. The Labute approximate surface area is 184 Å². The molecule has 1 aliphatic rings. The zero-order valence-corrected chi connectivity index (χ0v) is 18.8. The van der Waals surface area contributed by atoms with E-state index >= 15 is 0 Å². The van der Waals surface area contributed by atoms with Crippen molar-refractivity contribution in [2.75, 3.05) is 36.5 Å². The molecule has 0 saturated carbocycles. The third-order valence-corrected chi connectivity index (χ3v) is 5.33. The molecule has 164 valence electrons. The number of amides is 2. The van der Waals surface area contributed by atoms with Gasteiger partial charge in [0.05, 0.1) is 12.2 Å². The molecule has 0 unspecified atom stereocenters. The van der Waals surface area contributed by atoms with Crippen molar-refractivity contribution in [1.29, 1.82) is 0 Å². The highest BCUT2D eigenvalue weighted by atomic mass is 16.5. The molecular weight excluding hydrogens is 390 g/mol. The van der Waals surface area contributed by atoms with E-state index in [0.29, 0.717) is 36.4 Å². The zero-order valence-electron chi connectivity index (χ0n) is 18.8. The summed E-state index contributed by atoms with van der Waals surface area (Å²) in [4.78, 5) is 29.8. The standard InChI is InChI=1S/C25H31N3O3/c1-5-17-28-24(29)22(18-9-15-21(16-10-18)31-8-4)23(25(28)30)26-19-11-13-20(14-12-19)27(6-2)7-3/h9-16,26H,5-8,17H2,1-4H3. The highest BCUT2D eigenvalue weighted by molar-refractivity contribution is 6.36. The maximum atomic E-state index is 13.1. The number of carbonyl (C=O) groups is 2. The molecule has 0 aliphatic carbocycles. The number of hydrogen-bond donors (Lipinski definition) is 1. The number of anilines is 2. The summed E-state index contributed by atoms with van der Waals surface area (Å²) in [6, 6.07) is 15.2. The molecule has 2 amide bonds. The predicted octanol–water partition coefficient (Wildman–Crippen LogP) is 4.53. The van der Waals surface area contributed by atoms with Crippen molar-refractivity contribution < 1.29 is 14.3 Å². The van der Waals surface area contributed by atoms with Crippen molar-refractivity contribution in [2.24, 2.45) is 0 Å². The molecule has 1 heterocycles. The van der Waals surface area contributed by atoms with Crippen LogP contribution in [0.5, 0.6) is 5.75 Å². The van der Waals surface area contributed by atoms with Gasteiger partial charge < -0.3 is 15.0 Å². The molecule has 0 atom stereocenters. The van der Waals surface area contributed by atoms with Gasteiger partial charge in [0.15, 0.2) is 0 Å². The normalized spacial score (nSPS) is 13.7. The number of rotatable bonds is 10. The Morgan fingerprint density at radius 3 is 2.06 bits per heavy atom. The van der Waals surface area contributed by atoms with E-state index in [4.69, 9.17) is 4.74 Å². The van der Waals surface area contributed by atoms with Crippen LogP contribution in [-0.4, -0.2) is 43.0 Å². The lowest BCUT2D eigenvalue weighted by Gasteiger charge is -2.21. The van der Waals surface area contributed by atoms with E-state index in [-0.39, 0.29) is 11.8 Å². The fourth-order valence-corrected chi connectivity index (χ4v) is 3.76. The van der Waals surface area contributed by atoms with Gasteiger partial charge in [-0.1, -0.05) is 19.1 Å². The van der Waals surface area contributed by atoms with Crippen LogP contribution in [-0.2, 0) is 9.59 Å². The minimum absolute atomic E-state index is 0.265. The fourth-order valence-electron chi connectivity index (χ4n) is 3.76. The molecule has 31 heavy (non-hydrogen) atoms. The molecule has 6 nitrogen and oxygen atoms in total. The lowest BCUT2D eigenvalue weighted by Crippen LogP contribution is -2.33. The summed E-state index contributed by atoms with van der Waals surface area (Å²) >= 11 is 0. The summed E-state index contributed by atoms with van der Waals surface area (Å²) in [5.74, 6) is 0.178. The molecule has 0 radical (unpaired) electrons. The van der Waals surface area contributed by atoms with Crippen LogP contribution < -0.4 is 15.0 Å². The number of nitrogens with zero attached hydrogens (tertiary/aromatic N) is 2. The lowest BCUT2D eigenvalue weighted by atomic mass is 10.0. The van der Waals surface area contributed by atoms with Crippen LogP contribution in [0.25, 0.3) is 5.57 Å². The first-order chi connectivity index (χ1) is 15.0. The Balaban J connectivity index is 1.95. The minimum atomic E-state index is -0.288. The number of nitrogens with one attached hydrogen (secondary N) is 1. The molecule has 2 aromatic carbocycles. The van der Waals surface area contributed by atoms with Gasteiger partial charge in [-0.25, -0.2) is 0 Å². The molecule has 0 bridgehead atoms. The first kappa shape index (κ1) is 22.4. The molecule has 1 aliphatic heterocycles. The minimum Gasteiger partial charge on any atom is -0.494 e. The van der Waals surface area contributed by atoms with Crippen LogP contribution in [0.1, 0.15) is 39.7 Å². The largest absolute Gasteiger partial charge is 0.494 e. The topological polar surface area (TPSA) is 61.9 Å². The van der Waals surface area contributed by atoms with Crippen LogP contribution >= 0.6 is 0 Å². The van der Waals surface area contributed by atoms with Crippen LogP contribution in [0.3, 0.4) is 0 Å². The van der Waals surface area contributed by atoms with E-state index < -0.39 is 0 Å². The number of imide groups is 1. The van der Waals surface area contributed by atoms with Crippen molar-refractivity contribution in [3.63, 3.8) is 0 Å². The smallest absolute Gasteiger partial charge is 0.278 e. The van der Waals surface area contributed by atoms with E-state index in [1.807, 2.05) is 62.4 Å². The zero-order chi connectivity index (χ0) is 22.4. The number of carbonyl (C=O) groups excluding carboxylic acids is 2. The van der Waals surface area contributed by atoms with Gasteiger partial charge in [-0.15, -0.1) is 0 Å². The Morgan fingerprint density at radius 2 is 1.52 bits per heavy atom. The van der Waals surface area contributed by atoms with Gasteiger partial charge in [0.25, 0.3) is 11.8 Å². The van der Waals surface area contributed by atoms with Crippen molar-refractivity contribution in [1.82, 2.24) is 4.90 Å². The Kier molecular flexibility index (Phi) is 7.34. The fraction of sp³-hybridized carbons (Fsp3) is 0.360. The van der Waals surface area contributed by atoms with Crippen molar-refractivity contribution >= 4 is 28.8 Å². The first-order valence-electron chi connectivity index (χ1n) is 11.0. The van der Waals surface area contributed by atoms with E-state index in [2.05, 4.69) is 24.1 Å². The summed E-state index contributed by atoms with van der Waals surface area (Å²) in [6.45, 7) is 10.9. The van der Waals surface area contributed by atoms with E-state index in [1.165, 1.54) is 4.90 Å². The molecule has 2 aromatic rings. The quantitative estimate of drug-likeness (QED) is 0.571. The average molecular weight is 422 g/mol.